The highest BCUT2D eigenvalue weighted by atomic mass is 32.1. The van der Waals surface area contributed by atoms with E-state index in [-0.39, 0.29) is 11.8 Å². The molecule has 0 saturated carbocycles. The molecule has 172 valence electrons. The summed E-state index contributed by atoms with van der Waals surface area (Å²) in [6.07, 6.45) is 2.18. The Morgan fingerprint density at radius 3 is 2.48 bits per heavy atom. The van der Waals surface area contributed by atoms with Crippen LogP contribution in [0.1, 0.15) is 28.1 Å². The van der Waals surface area contributed by atoms with Gasteiger partial charge in [-0.2, -0.15) is 0 Å². The topological polar surface area (TPSA) is 61.9 Å². The van der Waals surface area contributed by atoms with Crippen LogP contribution in [-0.4, -0.2) is 50.0 Å². The summed E-state index contributed by atoms with van der Waals surface area (Å²) in [6, 6.07) is 19.4. The zero-order valence-corrected chi connectivity index (χ0v) is 19.6. The molecule has 1 aromatic heterocycles. The fraction of sp³-hybridized carbons (Fsp3) is 0.308. The van der Waals surface area contributed by atoms with Crippen LogP contribution >= 0.6 is 11.3 Å². The standard InChI is InChI=1S/C26H29N3O3S/c1-32-23-12-10-22(11-13-23)28-14-16-29(17-15-28)26(31)20-5-2-6-21(19-20)27-25(30)9-3-7-24-8-4-18-33-24/h2,4-6,8,10-13,18-19H,3,7,9,14-17H2,1H3,(H,27,30). The van der Waals surface area contributed by atoms with Crippen LogP contribution in [-0.2, 0) is 11.2 Å². The Hall–Kier alpha value is -3.32. The molecule has 3 aromatic rings. The minimum atomic E-state index is -0.0238. The van der Waals surface area contributed by atoms with Gasteiger partial charge in [0.15, 0.2) is 0 Å². The van der Waals surface area contributed by atoms with Crippen LogP contribution in [0.25, 0.3) is 0 Å². The smallest absolute Gasteiger partial charge is 0.254 e. The maximum absolute atomic E-state index is 13.0. The normalized spacial score (nSPS) is 13.6. The number of carbonyl (C=O) groups excluding carboxylic acids is 2. The molecular weight excluding hydrogens is 434 g/mol. The van der Waals surface area contributed by atoms with Crippen molar-refractivity contribution < 1.29 is 14.3 Å². The van der Waals surface area contributed by atoms with Crippen molar-refractivity contribution in [3.63, 3.8) is 0 Å². The summed E-state index contributed by atoms with van der Waals surface area (Å²) < 4.78 is 5.22. The number of nitrogens with zero attached hydrogens (tertiary/aromatic N) is 2. The second-order valence-corrected chi connectivity index (χ2v) is 9.07. The van der Waals surface area contributed by atoms with Crippen LogP contribution in [0.15, 0.2) is 66.0 Å². The molecule has 0 spiro atoms. The molecule has 33 heavy (non-hydrogen) atoms. The highest BCUT2D eigenvalue weighted by Gasteiger charge is 2.22. The van der Waals surface area contributed by atoms with E-state index in [1.54, 1.807) is 24.5 Å². The number of hydrogen-bond acceptors (Lipinski definition) is 5. The van der Waals surface area contributed by atoms with E-state index >= 15 is 0 Å². The molecule has 2 heterocycles. The van der Waals surface area contributed by atoms with Gasteiger partial charge in [0.05, 0.1) is 7.11 Å². The lowest BCUT2D eigenvalue weighted by molar-refractivity contribution is -0.116. The number of nitrogens with one attached hydrogen (secondary N) is 1. The Kier molecular flexibility index (Phi) is 7.62. The molecule has 0 unspecified atom stereocenters. The first-order valence-electron chi connectivity index (χ1n) is 11.2. The zero-order valence-electron chi connectivity index (χ0n) is 18.8. The third-order valence-electron chi connectivity index (χ3n) is 5.80. The van der Waals surface area contributed by atoms with Gasteiger partial charge in [0.2, 0.25) is 5.91 Å². The van der Waals surface area contributed by atoms with Crippen LogP contribution in [0.3, 0.4) is 0 Å². The van der Waals surface area contributed by atoms with E-state index in [1.807, 2.05) is 53.4 Å². The Labute approximate surface area is 198 Å². The summed E-state index contributed by atoms with van der Waals surface area (Å²) in [5.74, 6) is 0.810. The molecule has 0 aliphatic carbocycles. The lowest BCUT2D eigenvalue weighted by Gasteiger charge is -2.36. The quantitative estimate of drug-likeness (QED) is 0.527. The van der Waals surface area contributed by atoms with E-state index in [4.69, 9.17) is 4.74 Å². The molecule has 0 radical (unpaired) electrons. The van der Waals surface area contributed by atoms with Crippen LogP contribution in [0, 0.1) is 0 Å². The number of piperazine rings is 1. The van der Waals surface area contributed by atoms with Gasteiger partial charge in [-0.25, -0.2) is 0 Å². The first-order chi connectivity index (χ1) is 16.1. The lowest BCUT2D eigenvalue weighted by Crippen LogP contribution is -2.48. The summed E-state index contributed by atoms with van der Waals surface area (Å²) in [5.41, 5.74) is 2.40. The van der Waals surface area contributed by atoms with Crippen molar-refractivity contribution in [2.24, 2.45) is 0 Å². The maximum Gasteiger partial charge on any atom is 0.254 e. The molecule has 0 bridgehead atoms. The van der Waals surface area contributed by atoms with E-state index in [2.05, 4.69) is 21.7 Å². The fourth-order valence-electron chi connectivity index (χ4n) is 3.97. The van der Waals surface area contributed by atoms with Gasteiger partial charge in [0.25, 0.3) is 5.91 Å². The molecule has 7 heteroatoms. The molecule has 1 N–H and O–H groups in total. The molecule has 1 aliphatic rings. The number of aryl methyl sites for hydroxylation is 1. The minimum absolute atomic E-state index is 0.00169. The van der Waals surface area contributed by atoms with Crippen molar-refractivity contribution in [3.05, 3.63) is 76.5 Å². The van der Waals surface area contributed by atoms with Gasteiger partial charge >= 0.3 is 0 Å². The monoisotopic (exact) mass is 463 g/mol. The number of methoxy groups -OCH3 is 1. The van der Waals surface area contributed by atoms with Crippen molar-refractivity contribution >= 4 is 34.5 Å². The van der Waals surface area contributed by atoms with Crippen LogP contribution < -0.4 is 15.0 Å². The molecule has 2 amide bonds. The molecule has 1 aliphatic heterocycles. The predicted octanol–water partition coefficient (Wildman–Crippen LogP) is 4.68. The van der Waals surface area contributed by atoms with Crippen LogP contribution in [0.4, 0.5) is 11.4 Å². The van der Waals surface area contributed by atoms with Gasteiger partial charge in [-0.3, -0.25) is 9.59 Å². The maximum atomic E-state index is 13.0. The van der Waals surface area contributed by atoms with E-state index in [0.29, 0.717) is 30.8 Å². The summed E-state index contributed by atoms with van der Waals surface area (Å²) in [4.78, 5) is 30.8. The molecule has 6 nitrogen and oxygen atoms in total. The van der Waals surface area contributed by atoms with Crippen molar-refractivity contribution in [3.8, 4) is 5.75 Å². The highest BCUT2D eigenvalue weighted by Crippen LogP contribution is 2.22. The lowest BCUT2D eigenvalue weighted by atomic mass is 10.1. The van der Waals surface area contributed by atoms with E-state index < -0.39 is 0 Å². The van der Waals surface area contributed by atoms with Crippen molar-refractivity contribution in [2.45, 2.75) is 19.3 Å². The average Bonchev–Trinajstić information content (AvgIpc) is 3.37. The van der Waals surface area contributed by atoms with E-state index in [0.717, 1.165) is 37.4 Å². The second-order valence-electron chi connectivity index (χ2n) is 8.04. The predicted molar refractivity (Wildman–Crippen MR) is 133 cm³/mol. The number of thiophene rings is 1. The van der Waals surface area contributed by atoms with Gasteiger partial charge in [0, 0.05) is 54.4 Å². The number of benzene rings is 2. The number of amides is 2. The fourth-order valence-corrected chi connectivity index (χ4v) is 4.73. The minimum Gasteiger partial charge on any atom is -0.497 e. The van der Waals surface area contributed by atoms with Crippen molar-refractivity contribution in [1.29, 1.82) is 0 Å². The second kappa shape index (κ2) is 11.0. The van der Waals surface area contributed by atoms with E-state index in [1.165, 1.54) is 4.88 Å². The first kappa shape index (κ1) is 22.9. The molecule has 0 atom stereocenters. The zero-order chi connectivity index (χ0) is 23.0. The van der Waals surface area contributed by atoms with Gasteiger partial charge in [-0.05, 0) is 66.8 Å². The van der Waals surface area contributed by atoms with Gasteiger partial charge in [0.1, 0.15) is 5.75 Å². The number of rotatable bonds is 8. The number of anilines is 2. The summed E-state index contributed by atoms with van der Waals surface area (Å²) in [6.45, 7) is 2.87. The Balaban J connectivity index is 1.28. The van der Waals surface area contributed by atoms with Gasteiger partial charge in [-0.15, -0.1) is 11.3 Å². The molecule has 4 rings (SSSR count). The summed E-state index contributed by atoms with van der Waals surface area (Å²) in [5, 5.41) is 4.99. The molecule has 1 fully saturated rings. The molecule has 1 saturated heterocycles. The molecule has 2 aromatic carbocycles. The van der Waals surface area contributed by atoms with Crippen LogP contribution in [0.5, 0.6) is 5.75 Å². The third kappa shape index (κ3) is 6.14. The Morgan fingerprint density at radius 1 is 1.00 bits per heavy atom. The van der Waals surface area contributed by atoms with Gasteiger partial charge < -0.3 is 19.9 Å². The van der Waals surface area contributed by atoms with Crippen LogP contribution in [0.2, 0.25) is 0 Å². The van der Waals surface area contributed by atoms with E-state index in [9.17, 15) is 9.59 Å². The number of carbonyl (C=O) groups is 2. The largest absolute Gasteiger partial charge is 0.497 e. The van der Waals surface area contributed by atoms with Crippen molar-refractivity contribution in [2.75, 3.05) is 43.5 Å². The van der Waals surface area contributed by atoms with Crippen molar-refractivity contribution in [1.82, 2.24) is 4.90 Å². The SMILES string of the molecule is COc1ccc(N2CCN(C(=O)c3cccc(NC(=O)CCCc4cccs4)c3)CC2)cc1. The number of hydrogen-bond donors (Lipinski definition) is 1. The third-order valence-corrected chi connectivity index (χ3v) is 6.74. The average molecular weight is 464 g/mol. The first-order valence-corrected chi connectivity index (χ1v) is 12.1. The Bertz CT molecular complexity index is 1060. The molecular formula is C26H29N3O3S. The summed E-state index contributed by atoms with van der Waals surface area (Å²) in [7, 11) is 1.66. The Morgan fingerprint density at radius 2 is 1.79 bits per heavy atom. The van der Waals surface area contributed by atoms with Gasteiger partial charge in [-0.1, -0.05) is 12.1 Å². The number of ether oxygens (including phenoxy) is 1. The summed E-state index contributed by atoms with van der Waals surface area (Å²) >= 11 is 1.72. The highest BCUT2D eigenvalue weighted by molar-refractivity contribution is 7.09.